The average molecular weight is 313 g/mol. The van der Waals surface area contributed by atoms with Crippen LogP contribution in [-0.2, 0) is 9.84 Å². The minimum absolute atomic E-state index is 0.0507. The van der Waals surface area contributed by atoms with Gasteiger partial charge in [0.2, 0.25) is 0 Å². The second kappa shape index (κ2) is 5.61. The van der Waals surface area contributed by atoms with E-state index in [-0.39, 0.29) is 22.7 Å². The summed E-state index contributed by atoms with van der Waals surface area (Å²) in [5.41, 5.74) is 0.0322. The van der Waals surface area contributed by atoms with E-state index in [0.717, 1.165) is 6.26 Å². The zero-order chi connectivity index (χ0) is 15.8. The number of hydrogen-bond donors (Lipinski definition) is 1. The highest BCUT2D eigenvalue weighted by molar-refractivity contribution is 7.90. The molecule has 2 rings (SSSR count). The van der Waals surface area contributed by atoms with E-state index in [9.17, 15) is 18.5 Å². The van der Waals surface area contributed by atoms with E-state index in [4.69, 9.17) is 0 Å². The second-order valence-electron chi connectivity index (χ2n) is 5.46. The van der Waals surface area contributed by atoms with E-state index in [1.807, 2.05) is 18.7 Å². The first kappa shape index (κ1) is 15.7. The molecule has 2 atom stereocenters. The Morgan fingerprint density at radius 2 is 2.05 bits per heavy atom. The molecule has 0 radical (unpaired) electrons. The fraction of sp³-hybridized carbons (Fsp3) is 0.538. The molecule has 1 aromatic rings. The molecule has 0 bridgehead atoms. The molecule has 0 spiro atoms. The standard InChI is InChI=1S/C13H19N3O4S/c1-9-8-15(10(2)7-14-9)11-5-4-6-12(21(3,19)20)13(11)16(17)18/h4-6,9-10,14H,7-8H2,1-3H3. The third kappa shape index (κ3) is 3.16. The molecule has 0 saturated carbocycles. The van der Waals surface area contributed by atoms with Crippen molar-refractivity contribution in [3.63, 3.8) is 0 Å². The molecular weight excluding hydrogens is 294 g/mol. The first-order chi connectivity index (χ1) is 9.71. The van der Waals surface area contributed by atoms with Crippen LogP contribution in [0.25, 0.3) is 0 Å². The molecular formula is C13H19N3O4S. The SMILES string of the molecule is CC1CN(c2cccc(S(C)(=O)=O)c2[N+](=O)[O-])C(C)CN1. The van der Waals surface area contributed by atoms with Gasteiger partial charge < -0.3 is 10.2 Å². The van der Waals surface area contributed by atoms with E-state index in [2.05, 4.69) is 5.32 Å². The number of nitro benzene ring substituents is 1. The van der Waals surface area contributed by atoms with E-state index < -0.39 is 14.8 Å². The van der Waals surface area contributed by atoms with Gasteiger partial charge in [0.1, 0.15) is 10.6 Å². The number of nitrogens with one attached hydrogen (secondary N) is 1. The summed E-state index contributed by atoms with van der Waals surface area (Å²) in [6.45, 7) is 5.23. The first-order valence-corrected chi connectivity index (χ1v) is 8.58. The lowest BCUT2D eigenvalue weighted by Crippen LogP contribution is -2.54. The Morgan fingerprint density at radius 3 is 2.62 bits per heavy atom. The summed E-state index contributed by atoms with van der Waals surface area (Å²) >= 11 is 0. The van der Waals surface area contributed by atoms with Crippen LogP contribution in [0, 0.1) is 10.1 Å². The van der Waals surface area contributed by atoms with Crippen LogP contribution in [0.15, 0.2) is 23.1 Å². The summed E-state index contributed by atoms with van der Waals surface area (Å²) in [6, 6.07) is 4.68. The van der Waals surface area contributed by atoms with Gasteiger partial charge in [0.05, 0.1) is 4.92 Å². The number of benzene rings is 1. The Balaban J connectivity index is 2.61. The molecule has 8 heteroatoms. The smallest absolute Gasteiger partial charge is 0.311 e. The Morgan fingerprint density at radius 1 is 1.38 bits per heavy atom. The first-order valence-electron chi connectivity index (χ1n) is 6.69. The highest BCUT2D eigenvalue weighted by Gasteiger charge is 2.32. The van der Waals surface area contributed by atoms with Gasteiger partial charge in [0.15, 0.2) is 9.84 Å². The summed E-state index contributed by atoms with van der Waals surface area (Å²) in [5, 5.41) is 14.7. The molecule has 2 unspecified atom stereocenters. The minimum atomic E-state index is -3.65. The largest absolute Gasteiger partial charge is 0.360 e. The van der Waals surface area contributed by atoms with E-state index in [1.54, 1.807) is 12.1 Å². The lowest BCUT2D eigenvalue weighted by atomic mass is 10.1. The van der Waals surface area contributed by atoms with Crippen LogP contribution in [0.2, 0.25) is 0 Å². The fourth-order valence-electron chi connectivity index (χ4n) is 2.58. The molecule has 1 aliphatic heterocycles. The molecule has 0 amide bonds. The van der Waals surface area contributed by atoms with Crippen molar-refractivity contribution in [2.24, 2.45) is 0 Å². The lowest BCUT2D eigenvalue weighted by molar-refractivity contribution is -0.387. The molecule has 21 heavy (non-hydrogen) atoms. The quantitative estimate of drug-likeness (QED) is 0.665. The maximum Gasteiger partial charge on any atom is 0.311 e. The number of hydrogen-bond acceptors (Lipinski definition) is 6. The van der Waals surface area contributed by atoms with Crippen molar-refractivity contribution >= 4 is 21.2 Å². The van der Waals surface area contributed by atoms with Crippen molar-refractivity contribution in [3.8, 4) is 0 Å². The predicted molar refractivity (Wildman–Crippen MR) is 80.5 cm³/mol. The zero-order valence-electron chi connectivity index (χ0n) is 12.2. The topological polar surface area (TPSA) is 92.5 Å². The van der Waals surface area contributed by atoms with Gasteiger partial charge >= 0.3 is 5.69 Å². The van der Waals surface area contributed by atoms with Crippen LogP contribution in [0.5, 0.6) is 0 Å². The van der Waals surface area contributed by atoms with Gasteiger partial charge in [-0.25, -0.2) is 8.42 Å². The van der Waals surface area contributed by atoms with E-state index >= 15 is 0 Å². The zero-order valence-corrected chi connectivity index (χ0v) is 13.1. The summed E-state index contributed by atoms with van der Waals surface area (Å²) in [6.07, 6.45) is 0.989. The van der Waals surface area contributed by atoms with Crippen LogP contribution in [0.1, 0.15) is 13.8 Å². The predicted octanol–water partition coefficient (Wildman–Crippen LogP) is 1.18. The van der Waals surface area contributed by atoms with Crippen molar-refractivity contribution in [2.45, 2.75) is 30.8 Å². The molecule has 0 aromatic heterocycles. The van der Waals surface area contributed by atoms with E-state index in [1.165, 1.54) is 6.07 Å². The number of para-hydroxylation sites is 1. The number of anilines is 1. The Kier molecular flexibility index (Phi) is 4.20. The van der Waals surface area contributed by atoms with Crippen molar-refractivity contribution in [1.82, 2.24) is 5.32 Å². The minimum Gasteiger partial charge on any atom is -0.360 e. The molecule has 1 aromatic carbocycles. The van der Waals surface area contributed by atoms with Gasteiger partial charge in [-0.3, -0.25) is 10.1 Å². The summed E-state index contributed by atoms with van der Waals surface area (Å²) < 4.78 is 23.6. The van der Waals surface area contributed by atoms with Gasteiger partial charge in [-0.05, 0) is 26.0 Å². The number of nitrogens with zero attached hydrogens (tertiary/aromatic N) is 2. The average Bonchev–Trinajstić information content (AvgIpc) is 2.39. The molecule has 7 nitrogen and oxygen atoms in total. The van der Waals surface area contributed by atoms with Crippen molar-refractivity contribution < 1.29 is 13.3 Å². The molecule has 116 valence electrons. The van der Waals surface area contributed by atoms with Crippen molar-refractivity contribution in [1.29, 1.82) is 0 Å². The third-order valence-electron chi connectivity index (χ3n) is 3.63. The number of piperazine rings is 1. The fourth-order valence-corrected chi connectivity index (χ4v) is 3.44. The van der Waals surface area contributed by atoms with Crippen LogP contribution < -0.4 is 10.2 Å². The third-order valence-corrected chi connectivity index (χ3v) is 4.76. The van der Waals surface area contributed by atoms with Crippen LogP contribution in [-0.4, -0.2) is 44.8 Å². The molecule has 1 aliphatic rings. The van der Waals surface area contributed by atoms with Crippen LogP contribution in [0.4, 0.5) is 11.4 Å². The molecule has 1 fully saturated rings. The van der Waals surface area contributed by atoms with Crippen molar-refractivity contribution in [2.75, 3.05) is 24.2 Å². The van der Waals surface area contributed by atoms with Gasteiger partial charge in [-0.1, -0.05) is 6.07 Å². The Hall–Kier alpha value is -1.67. The highest BCUT2D eigenvalue weighted by atomic mass is 32.2. The van der Waals surface area contributed by atoms with Gasteiger partial charge in [0.25, 0.3) is 0 Å². The highest BCUT2D eigenvalue weighted by Crippen LogP contribution is 2.36. The lowest BCUT2D eigenvalue weighted by Gasteiger charge is -2.39. The maximum absolute atomic E-state index is 11.8. The Bertz CT molecular complexity index is 659. The molecule has 1 saturated heterocycles. The summed E-state index contributed by atoms with van der Waals surface area (Å²) in [4.78, 5) is 12.5. The molecule has 1 heterocycles. The van der Waals surface area contributed by atoms with E-state index in [0.29, 0.717) is 18.8 Å². The number of rotatable bonds is 3. The summed E-state index contributed by atoms with van der Waals surface area (Å²) in [7, 11) is -3.65. The molecule has 1 N–H and O–H groups in total. The Labute approximate surface area is 124 Å². The second-order valence-corrected chi connectivity index (χ2v) is 7.45. The van der Waals surface area contributed by atoms with Crippen LogP contribution >= 0.6 is 0 Å². The molecule has 0 aliphatic carbocycles. The monoisotopic (exact) mass is 313 g/mol. The van der Waals surface area contributed by atoms with Gasteiger partial charge in [0, 0.05) is 31.4 Å². The summed E-state index contributed by atoms with van der Waals surface area (Å²) in [5.74, 6) is 0. The normalized spacial score (nSPS) is 23.1. The van der Waals surface area contributed by atoms with Crippen LogP contribution in [0.3, 0.4) is 0 Å². The van der Waals surface area contributed by atoms with Gasteiger partial charge in [-0.15, -0.1) is 0 Å². The number of nitro groups is 1. The maximum atomic E-state index is 11.8. The number of sulfone groups is 1. The van der Waals surface area contributed by atoms with Gasteiger partial charge in [-0.2, -0.15) is 0 Å². The van der Waals surface area contributed by atoms with Crippen molar-refractivity contribution in [3.05, 3.63) is 28.3 Å².